The minimum absolute atomic E-state index is 0.0865. The van der Waals surface area contributed by atoms with Crippen molar-refractivity contribution in [1.29, 1.82) is 0 Å². The van der Waals surface area contributed by atoms with Crippen molar-refractivity contribution in [3.05, 3.63) is 23.0 Å². The second kappa shape index (κ2) is 4.25. The van der Waals surface area contributed by atoms with Crippen molar-refractivity contribution in [3.8, 4) is 0 Å². The van der Waals surface area contributed by atoms with Gasteiger partial charge in [0.15, 0.2) is 0 Å². The van der Waals surface area contributed by atoms with Crippen LogP contribution in [0.1, 0.15) is 26.5 Å². The van der Waals surface area contributed by atoms with Gasteiger partial charge in [0, 0.05) is 25.8 Å². The molecule has 0 saturated carbocycles. The van der Waals surface area contributed by atoms with Gasteiger partial charge in [0.25, 0.3) is 0 Å². The summed E-state index contributed by atoms with van der Waals surface area (Å²) < 4.78 is 5.38. The van der Waals surface area contributed by atoms with Gasteiger partial charge in [0.2, 0.25) is 0 Å². The lowest BCUT2D eigenvalue weighted by Gasteiger charge is -2.47. The molecule has 1 saturated heterocycles. The highest BCUT2D eigenvalue weighted by Gasteiger charge is 2.52. The Balaban J connectivity index is 1.71. The predicted molar refractivity (Wildman–Crippen MR) is 77.2 cm³/mol. The quantitative estimate of drug-likeness (QED) is 0.799. The molecule has 2 aliphatic rings. The molecule has 1 N–H and O–H groups in total. The second-order valence-corrected chi connectivity index (χ2v) is 6.96. The molecular weight excluding hydrogens is 278 g/mol. The summed E-state index contributed by atoms with van der Waals surface area (Å²) in [6, 6.07) is 1.88. The first kappa shape index (κ1) is 13.5. The Morgan fingerprint density at radius 1 is 1.50 bits per heavy atom. The van der Waals surface area contributed by atoms with E-state index >= 15 is 0 Å². The molecule has 5 nitrogen and oxygen atoms in total. The number of carbonyl (C=O) groups is 1. The van der Waals surface area contributed by atoms with E-state index in [2.05, 4.69) is 10.3 Å². The van der Waals surface area contributed by atoms with Gasteiger partial charge >= 0.3 is 6.09 Å². The number of hydrogen-bond donors (Lipinski definition) is 1. The summed E-state index contributed by atoms with van der Waals surface area (Å²) in [6.07, 6.45) is 1.40. The van der Waals surface area contributed by atoms with E-state index < -0.39 is 5.60 Å². The van der Waals surface area contributed by atoms with Crippen LogP contribution in [0.15, 0.2) is 12.3 Å². The first-order valence-corrected chi connectivity index (χ1v) is 7.05. The summed E-state index contributed by atoms with van der Waals surface area (Å²) in [5.41, 5.74) is 1.43. The highest BCUT2D eigenvalue weighted by molar-refractivity contribution is 6.30. The van der Waals surface area contributed by atoms with Crippen molar-refractivity contribution in [2.75, 3.05) is 25.0 Å². The van der Waals surface area contributed by atoms with Gasteiger partial charge in [-0.1, -0.05) is 11.6 Å². The summed E-state index contributed by atoms with van der Waals surface area (Å²) in [5.74, 6) is 0. The van der Waals surface area contributed by atoms with Gasteiger partial charge in [-0.05, 0) is 26.8 Å². The van der Waals surface area contributed by atoms with E-state index in [1.165, 1.54) is 0 Å². The van der Waals surface area contributed by atoms with Crippen LogP contribution in [-0.2, 0) is 10.2 Å². The maximum atomic E-state index is 12.0. The van der Waals surface area contributed by atoms with Crippen LogP contribution in [0.4, 0.5) is 10.5 Å². The Kier molecular flexibility index (Phi) is 2.87. The van der Waals surface area contributed by atoms with Crippen LogP contribution < -0.4 is 5.32 Å². The van der Waals surface area contributed by atoms with Gasteiger partial charge < -0.3 is 15.0 Å². The van der Waals surface area contributed by atoms with Crippen molar-refractivity contribution < 1.29 is 9.53 Å². The van der Waals surface area contributed by atoms with E-state index in [1.54, 1.807) is 11.1 Å². The number of nitrogens with one attached hydrogen (secondary N) is 1. The summed E-state index contributed by atoms with van der Waals surface area (Å²) in [7, 11) is 0. The number of ether oxygens (including phenoxy) is 1. The Bertz CT molecular complexity index is 562. The maximum Gasteiger partial charge on any atom is 0.410 e. The predicted octanol–water partition coefficient (Wildman–Crippen LogP) is 2.65. The van der Waals surface area contributed by atoms with E-state index in [0.29, 0.717) is 18.1 Å². The number of pyridine rings is 1. The molecule has 20 heavy (non-hydrogen) atoms. The highest BCUT2D eigenvalue weighted by Crippen LogP contribution is 2.43. The van der Waals surface area contributed by atoms with Crippen molar-refractivity contribution in [1.82, 2.24) is 9.88 Å². The zero-order chi connectivity index (χ0) is 14.5. The fourth-order valence-corrected chi connectivity index (χ4v) is 2.90. The van der Waals surface area contributed by atoms with Crippen LogP contribution in [0.3, 0.4) is 0 Å². The van der Waals surface area contributed by atoms with E-state index in [0.717, 1.165) is 17.9 Å². The molecule has 1 spiro atoms. The number of amides is 1. The number of aromatic nitrogens is 1. The van der Waals surface area contributed by atoms with Gasteiger partial charge in [-0.15, -0.1) is 0 Å². The van der Waals surface area contributed by atoms with E-state index in [9.17, 15) is 4.79 Å². The average molecular weight is 296 g/mol. The number of anilines is 1. The third-order valence-electron chi connectivity index (χ3n) is 3.61. The molecule has 1 aromatic heterocycles. The molecule has 0 atom stereocenters. The molecule has 1 aromatic rings. The fourth-order valence-electron chi connectivity index (χ4n) is 2.75. The smallest absolute Gasteiger partial charge is 0.410 e. The lowest BCUT2D eigenvalue weighted by atomic mass is 9.78. The summed E-state index contributed by atoms with van der Waals surface area (Å²) in [6.45, 7) is 7.67. The molecule has 0 radical (unpaired) electrons. The first-order valence-electron chi connectivity index (χ1n) is 6.67. The first-order chi connectivity index (χ1) is 9.29. The average Bonchev–Trinajstić information content (AvgIpc) is 2.62. The molecule has 0 bridgehead atoms. The number of hydrogen-bond acceptors (Lipinski definition) is 4. The van der Waals surface area contributed by atoms with E-state index in [-0.39, 0.29) is 11.5 Å². The van der Waals surface area contributed by atoms with Gasteiger partial charge in [-0.3, -0.25) is 4.98 Å². The lowest BCUT2D eigenvalue weighted by Crippen LogP contribution is -2.63. The highest BCUT2D eigenvalue weighted by atomic mass is 35.5. The number of halogens is 1. The van der Waals surface area contributed by atoms with Crippen LogP contribution in [0.2, 0.25) is 5.02 Å². The van der Waals surface area contributed by atoms with Crippen molar-refractivity contribution in [3.63, 3.8) is 0 Å². The van der Waals surface area contributed by atoms with Crippen LogP contribution in [0.25, 0.3) is 0 Å². The Morgan fingerprint density at radius 3 is 2.85 bits per heavy atom. The molecule has 0 aromatic carbocycles. The number of rotatable bonds is 0. The lowest BCUT2D eigenvalue weighted by molar-refractivity contribution is -0.00692. The van der Waals surface area contributed by atoms with E-state index in [4.69, 9.17) is 16.3 Å². The topological polar surface area (TPSA) is 54.5 Å². The Morgan fingerprint density at radius 2 is 2.20 bits per heavy atom. The second-order valence-electron chi connectivity index (χ2n) is 6.52. The molecule has 0 unspecified atom stereocenters. The Hall–Kier alpha value is -1.49. The molecule has 3 heterocycles. The SMILES string of the molecule is CC(C)(C)OC(=O)N1CC2(CNc3cc(Cl)cnc32)C1. The van der Waals surface area contributed by atoms with Crippen LogP contribution in [0.5, 0.6) is 0 Å². The molecule has 6 heteroatoms. The number of carbonyl (C=O) groups excluding carboxylic acids is 1. The molecule has 0 aliphatic carbocycles. The summed E-state index contributed by atoms with van der Waals surface area (Å²) >= 11 is 5.94. The van der Waals surface area contributed by atoms with Gasteiger partial charge in [0.1, 0.15) is 5.60 Å². The minimum Gasteiger partial charge on any atom is -0.444 e. The molecule has 108 valence electrons. The monoisotopic (exact) mass is 295 g/mol. The van der Waals surface area contributed by atoms with Crippen molar-refractivity contribution >= 4 is 23.4 Å². The van der Waals surface area contributed by atoms with Crippen LogP contribution >= 0.6 is 11.6 Å². The molecule has 3 rings (SSSR count). The van der Waals surface area contributed by atoms with Gasteiger partial charge in [-0.25, -0.2) is 4.79 Å². The standard InChI is InChI=1S/C14H18ClN3O2/c1-13(2,3)20-12(19)18-7-14(8-18)6-17-10-4-9(15)5-16-11(10)14/h4-5,17H,6-8H2,1-3H3. The number of fused-ring (bicyclic) bond motifs is 2. The minimum atomic E-state index is -0.461. The number of nitrogens with zero attached hydrogens (tertiary/aromatic N) is 2. The van der Waals surface area contributed by atoms with Crippen molar-refractivity contribution in [2.45, 2.75) is 31.8 Å². The van der Waals surface area contributed by atoms with Gasteiger partial charge in [-0.2, -0.15) is 0 Å². The number of likely N-dealkylation sites (tertiary alicyclic amines) is 1. The van der Waals surface area contributed by atoms with Crippen LogP contribution in [-0.4, -0.2) is 41.2 Å². The van der Waals surface area contributed by atoms with Gasteiger partial charge in [0.05, 0.1) is 21.8 Å². The fraction of sp³-hybridized carbons (Fsp3) is 0.571. The molecular formula is C14H18ClN3O2. The molecule has 2 aliphatic heterocycles. The summed E-state index contributed by atoms with van der Waals surface area (Å²) in [4.78, 5) is 18.1. The van der Waals surface area contributed by atoms with Crippen molar-refractivity contribution in [2.24, 2.45) is 0 Å². The maximum absolute atomic E-state index is 12.0. The van der Waals surface area contributed by atoms with E-state index in [1.807, 2.05) is 26.8 Å². The zero-order valence-electron chi connectivity index (χ0n) is 11.9. The summed E-state index contributed by atoms with van der Waals surface area (Å²) in [5, 5.41) is 3.94. The molecule has 1 fully saturated rings. The largest absolute Gasteiger partial charge is 0.444 e. The third-order valence-corrected chi connectivity index (χ3v) is 3.82. The third kappa shape index (κ3) is 2.20. The normalized spacial score (nSPS) is 19.3. The Labute approximate surface area is 123 Å². The zero-order valence-corrected chi connectivity index (χ0v) is 12.6. The van der Waals surface area contributed by atoms with Crippen LogP contribution in [0, 0.1) is 0 Å². The molecule has 1 amide bonds.